The Balaban J connectivity index is 2.71. The zero-order valence-electron chi connectivity index (χ0n) is 9.85. The van der Waals surface area contributed by atoms with Gasteiger partial charge in [-0.3, -0.25) is 0 Å². The first-order valence-corrected chi connectivity index (χ1v) is 6.09. The predicted molar refractivity (Wildman–Crippen MR) is 64.4 cm³/mol. The number of nitrogens with one attached hydrogen (secondary N) is 1. The minimum atomic E-state index is 0.242. The van der Waals surface area contributed by atoms with Gasteiger partial charge in [0.25, 0.3) is 0 Å². The third-order valence-electron chi connectivity index (χ3n) is 1.91. The molecule has 0 aliphatic carbocycles. The Hall–Kier alpha value is -1.24. The van der Waals surface area contributed by atoms with E-state index in [1.54, 1.807) is 11.8 Å². The van der Waals surface area contributed by atoms with Crippen LogP contribution in [0.5, 0.6) is 12.0 Å². The Morgan fingerprint density at radius 2 is 1.75 bits per heavy atom. The highest BCUT2D eigenvalue weighted by atomic mass is 32.2. The van der Waals surface area contributed by atoms with Gasteiger partial charge in [-0.1, -0.05) is 6.92 Å². The quantitative estimate of drug-likeness (QED) is 0.802. The van der Waals surface area contributed by atoms with Crippen molar-refractivity contribution in [2.45, 2.75) is 12.2 Å². The maximum Gasteiger partial charge on any atom is 0.324 e. The summed E-state index contributed by atoms with van der Waals surface area (Å²) < 4.78 is 9.89. The fourth-order valence-electron chi connectivity index (χ4n) is 0.918. The summed E-state index contributed by atoms with van der Waals surface area (Å²) in [5, 5.41) is 3.58. The maximum absolute atomic E-state index is 4.94. The number of anilines is 1. The van der Waals surface area contributed by atoms with Gasteiger partial charge in [-0.2, -0.15) is 21.7 Å². The first-order valence-electron chi connectivity index (χ1n) is 4.80. The number of methoxy groups -OCH3 is 2. The van der Waals surface area contributed by atoms with Crippen LogP contribution in [0.25, 0.3) is 0 Å². The maximum atomic E-state index is 4.94. The summed E-state index contributed by atoms with van der Waals surface area (Å²) >= 11 is 1.77. The highest BCUT2D eigenvalue weighted by Gasteiger charge is 2.07. The largest absolute Gasteiger partial charge is 0.467 e. The van der Waals surface area contributed by atoms with Crippen LogP contribution in [-0.2, 0) is 0 Å². The van der Waals surface area contributed by atoms with Crippen molar-refractivity contribution in [3.63, 3.8) is 0 Å². The first kappa shape index (κ1) is 12.8. The SMILES string of the molecule is COc1nc(NCC(C)SC)nc(OC)n1. The molecule has 1 unspecified atom stereocenters. The number of ether oxygens (including phenoxy) is 2. The molecule has 0 aliphatic heterocycles. The van der Waals surface area contributed by atoms with Crippen LogP contribution in [0.15, 0.2) is 0 Å². The molecule has 1 N–H and O–H groups in total. The highest BCUT2D eigenvalue weighted by Crippen LogP contribution is 2.13. The van der Waals surface area contributed by atoms with Crippen LogP contribution in [0.1, 0.15) is 6.92 Å². The summed E-state index contributed by atoms with van der Waals surface area (Å²) in [6, 6.07) is 0.484. The molecule has 0 radical (unpaired) electrons. The lowest BCUT2D eigenvalue weighted by molar-refractivity contribution is 0.341. The van der Waals surface area contributed by atoms with E-state index in [2.05, 4.69) is 33.4 Å². The molecule has 1 aromatic rings. The van der Waals surface area contributed by atoms with Crippen molar-refractivity contribution in [2.75, 3.05) is 32.3 Å². The Morgan fingerprint density at radius 1 is 1.19 bits per heavy atom. The monoisotopic (exact) mass is 244 g/mol. The zero-order chi connectivity index (χ0) is 12.0. The number of hydrogen-bond acceptors (Lipinski definition) is 7. The van der Waals surface area contributed by atoms with E-state index in [0.29, 0.717) is 11.2 Å². The van der Waals surface area contributed by atoms with Gasteiger partial charge in [0, 0.05) is 11.8 Å². The van der Waals surface area contributed by atoms with Crippen molar-refractivity contribution in [3.8, 4) is 12.0 Å². The second-order valence-electron chi connectivity index (χ2n) is 3.06. The molecule has 0 aromatic carbocycles. The fourth-order valence-corrected chi connectivity index (χ4v) is 1.17. The number of thioether (sulfide) groups is 1. The molecule has 1 aromatic heterocycles. The number of nitrogens with zero attached hydrogens (tertiary/aromatic N) is 3. The number of rotatable bonds is 6. The van der Waals surface area contributed by atoms with Crippen molar-refractivity contribution in [1.29, 1.82) is 0 Å². The topological polar surface area (TPSA) is 69.2 Å². The molecule has 7 heteroatoms. The molecule has 1 atom stereocenters. The van der Waals surface area contributed by atoms with Crippen molar-refractivity contribution in [3.05, 3.63) is 0 Å². The molecule has 90 valence electrons. The summed E-state index contributed by atoms with van der Waals surface area (Å²) in [6.45, 7) is 2.89. The molecule has 0 saturated heterocycles. The molecule has 0 fully saturated rings. The van der Waals surface area contributed by atoms with Crippen LogP contribution in [0.2, 0.25) is 0 Å². The summed E-state index contributed by atoms with van der Waals surface area (Å²) in [5.74, 6) is 0.463. The van der Waals surface area contributed by atoms with E-state index in [0.717, 1.165) is 6.54 Å². The Bertz CT molecular complexity index is 315. The van der Waals surface area contributed by atoms with Gasteiger partial charge in [-0.05, 0) is 6.26 Å². The molecule has 0 bridgehead atoms. The van der Waals surface area contributed by atoms with E-state index < -0.39 is 0 Å². The van der Waals surface area contributed by atoms with Crippen LogP contribution in [0.3, 0.4) is 0 Å². The van der Waals surface area contributed by atoms with Gasteiger partial charge in [0.15, 0.2) is 0 Å². The van der Waals surface area contributed by atoms with Crippen molar-refractivity contribution in [2.24, 2.45) is 0 Å². The Morgan fingerprint density at radius 3 is 2.19 bits per heavy atom. The van der Waals surface area contributed by atoms with Crippen LogP contribution < -0.4 is 14.8 Å². The molecular formula is C9H16N4O2S. The van der Waals surface area contributed by atoms with E-state index in [4.69, 9.17) is 9.47 Å². The van der Waals surface area contributed by atoms with E-state index in [1.165, 1.54) is 14.2 Å². The standard InChI is InChI=1S/C9H16N4O2S/c1-6(16-4)5-10-7-11-8(14-2)13-9(12-7)15-3/h6H,5H2,1-4H3,(H,10,11,12,13). The van der Waals surface area contributed by atoms with Crippen LogP contribution in [0, 0.1) is 0 Å². The normalized spacial score (nSPS) is 12.0. The number of hydrogen-bond donors (Lipinski definition) is 1. The van der Waals surface area contributed by atoms with E-state index in [1.807, 2.05) is 0 Å². The average Bonchev–Trinajstić information content (AvgIpc) is 2.35. The molecule has 0 amide bonds. The summed E-state index contributed by atoms with van der Waals surface area (Å²) in [5.41, 5.74) is 0. The van der Waals surface area contributed by atoms with Gasteiger partial charge in [-0.15, -0.1) is 4.98 Å². The van der Waals surface area contributed by atoms with Gasteiger partial charge in [0.05, 0.1) is 14.2 Å². The lowest BCUT2D eigenvalue weighted by atomic mass is 10.5. The zero-order valence-corrected chi connectivity index (χ0v) is 10.7. The molecule has 6 nitrogen and oxygen atoms in total. The minimum absolute atomic E-state index is 0.242. The fraction of sp³-hybridized carbons (Fsp3) is 0.667. The molecular weight excluding hydrogens is 228 g/mol. The predicted octanol–water partition coefficient (Wildman–Crippen LogP) is 1.05. The molecule has 1 heterocycles. The summed E-state index contributed by atoms with van der Waals surface area (Å²) in [7, 11) is 3.01. The third kappa shape index (κ3) is 3.73. The lowest BCUT2D eigenvalue weighted by Gasteiger charge is -2.10. The van der Waals surface area contributed by atoms with Gasteiger partial charge in [-0.25, -0.2) is 0 Å². The summed E-state index contributed by atoms with van der Waals surface area (Å²) in [6.07, 6.45) is 2.06. The van der Waals surface area contributed by atoms with Crippen molar-refractivity contribution >= 4 is 17.7 Å². The van der Waals surface area contributed by atoms with Gasteiger partial charge >= 0.3 is 12.0 Å². The second kappa shape index (κ2) is 6.37. The summed E-state index contributed by atoms with van der Waals surface area (Å²) in [4.78, 5) is 12.0. The van der Waals surface area contributed by atoms with Gasteiger partial charge in [0.2, 0.25) is 5.95 Å². The van der Waals surface area contributed by atoms with Crippen LogP contribution in [0.4, 0.5) is 5.95 Å². The Labute approximate surface area is 99.2 Å². The second-order valence-corrected chi connectivity index (χ2v) is 4.34. The van der Waals surface area contributed by atoms with E-state index in [-0.39, 0.29) is 12.0 Å². The van der Waals surface area contributed by atoms with Crippen LogP contribution >= 0.6 is 11.8 Å². The smallest absolute Gasteiger partial charge is 0.324 e. The molecule has 1 rings (SSSR count). The molecule has 16 heavy (non-hydrogen) atoms. The molecule has 0 spiro atoms. The number of aromatic nitrogens is 3. The van der Waals surface area contributed by atoms with Crippen molar-refractivity contribution < 1.29 is 9.47 Å². The van der Waals surface area contributed by atoms with Crippen molar-refractivity contribution in [1.82, 2.24) is 15.0 Å². The molecule has 0 saturated carbocycles. The average molecular weight is 244 g/mol. The third-order valence-corrected chi connectivity index (χ3v) is 2.88. The van der Waals surface area contributed by atoms with E-state index >= 15 is 0 Å². The van der Waals surface area contributed by atoms with E-state index in [9.17, 15) is 0 Å². The highest BCUT2D eigenvalue weighted by molar-refractivity contribution is 7.99. The Kier molecular flexibility index (Phi) is 5.10. The lowest BCUT2D eigenvalue weighted by Crippen LogP contribution is -2.15. The minimum Gasteiger partial charge on any atom is -0.467 e. The molecule has 0 aliphatic rings. The van der Waals surface area contributed by atoms with Crippen LogP contribution in [-0.4, -0.2) is 47.2 Å². The first-order chi connectivity index (χ1) is 7.69. The van der Waals surface area contributed by atoms with Gasteiger partial charge in [0.1, 0.15) is 0 Å². The van der Waals surface area contributed by atoms with Gasteiger partial charge < -0.3 is 14.8 Å².